The number of nitrogens with zero attached hydrogens (tertiary/aromatic N) is 3. The van der Waals surface area contributed by atoms with E-state index in [0.717, 1.165) is 43.7 Å². The molecule has 1 N–H and O–H groups in total. The van der Waals surface area contributed by atoms with Crippen LogP contribution in [0, 0.1) is 0 Å². The van der Waals surface area contributed by atoms with Crippen molar-refractivity contribution in [2.75, 3.05) is 13.1 Å². The van der Waals surface area contributed by atoms with Crippen molar-refractivity contribution in [1.82, 2.24) is 20.4 Å². The Labute approximate surface area is 114 Å². The Morgan fingerprint density at radius 1 is 1.37 bits per heavy atom. The topological polar surface area (TPSA) is 54.2 Å². The maximum Gasteiger partial charge on any atom is 0.226 e. The first-order chi connectivity index (χ1) is 9.35. The van der Waals surface area contributed by atoms with Gasteiger partial charge in [-0.3, -0.25) is 4.90 Å². The number of aryl methyl sites for hydroxylation is 1. The van der Waals surface area contributed by atoms with Crippen molar-refractivity contribution in [2.24, 2.45) is 0 Å². The lowest BCUT2D eigenvalue weighted by Crippen LogP contribution is -2.38. The van der Waals surface area contributed by atoms with Crippen molar-refractivity contribution in [3.8, 4) is 0 Å². The molecule has 5 nitrogen and oxygen atoms in total. The van der Waals surface area contributed by atoms with Gasteiger partial charge in [0.05, 0.1) is 6.54 Å². The van der Waals surface area contributed by atoms with E-state index in [1.54, 1.807) is 0 Å². The Hall–Kier alpha value is -0.940. The van der Waals surface area contributed by atoms with Gasteiger partial charge in [-0.2, -0.15) is 4.98 Å². The van der Waals surface area contributed by atoms with Crippen LogP contribution in [-0.4, -0.2) is 40.2 Å². The summed E-state index contributed by atoms with van der Waals surface area (Å²) in [7, 11) is 0. The zero-order valence-corrected chi connectivity index (χ0v) is 11.8. The maximum atomic E-state index is 5.27. The van der Waals surface area contributed by atoms with Crippen LogP contribution >= 0.6 is 0 Å². The predicted molar refractivity (Wildman–Crippen MR) is 72.7 cm³/mol. The Balaban J connectivity index is 1.56. The third-order valence-electron chi connectivity index (χ3n) is 4.00. The first kappa shape index (κ1) is 13.1. The Kier molecular flexibility index (Phi) is 4.13. The normalized spacial score (nSPS) is 23.4. The summed E-state index contributed by atoms with van der Waals surface area (Å²) in [6.07, 6.45) is 7.21. The molecule has 1 saturated heterocycles. The molecule has 3 rings (SSSR count). The van der Waals surface area contributed by atoms with E-state index in [2.05, 4.69) is 27.3 Å². The molecular weight excluding hydrogens is 240 g/mol. The molecule has 0 radical (unpaired) electrons. The minimum Gasteiger partial charge on any atom is -0.339 e. The van der Waals surface area contributed by atoms with E-state index >= 15 is 0 Å². The maximum absolute atomic E-state index is 5.27. The van der Waals surface area contributed by atoms with Gasteiger partial charge in [-0.15, -0.1) is 0 Å². The zero-order valence-electron chi connectivity index (χ0n) is 11.8. The average Bonchev–Trinajstić information content (AvgIpc) is 2.95. The molecule has 2 fully saturated rings. The summed E-state index contributed by atoms with van der Waals surface area (Å²) in [5, 5.41) is 7.69. The number of aromatic nitrogens is 2. The van der Waals surface area contributed by atoms with Crippen LogP contribution in [0.25, 0.3) is 0 Å². The highest BCUT2D eigenvalue weighted by molar-refractivity contribution is 4.93. The molecule has 1 aliphatic carbocycles. The van der Waals surface area contributed by atoms with E-state index in [9.17, 15) is 0 Å². The minimum atomic E-state index is 0.655. The molecule has 19 heavy (non-hydrogen) atoms. The summed E-state index contributed by atoms with van der Waals surface area (Å²) < 4.78 is 5.27. The highest BCUT2D eigenvalue weighted by Crippen LogP contribution is 2.28. The van der Waals surface area contributed by atoms with Crippen LogP contribution in [0.3, 0.4) is 0 Å². The molecule has 0 spiro atoms. The average molecular weight is 264 g/mol. The van der Waals surface area contributed by atoms with Crippen LogP contribution < -0.4 is 5.32 Å². The van der Waals surface area contributed by atoms with Crippen LogP contribution in [0.5, 0.6) is 0 Å². The van der Waals surface area contributed by atoms with Crippen molar-refractivity contribution < 1.29 is 4.52 Å². The van der Waals surface area contributed by atoms with Crippen molar-refractivity contribution >= 4 is 0 Å². The minimum absolute atomic E-state index is 0.655. The van der Waals surface area contributed by atoms with Crippen molar-refractivity contribution in [3.05, 3.63) is 11.7 Å². The number of hydrogen-bond donors (Lipinski definition) is 1. The molecule has 1 aliphatic heterocycles. The van der Waals surface area contributed by atoms with Crippen molar-refractivity contribution in [3.63, 3.8) is 0 Å². The highest BCUT2D eigenvalue weighted by Gasteiger charge is 2.32. The second-order valence-electron chi connectivity index (χ2n) is 5.81. The standard InChI is InChI=1S/C14H24N4O/c1-2-4-14-16-13(17-19-14)10-18(12-6-7-12)9-11-5-3-8-15-11/h11-12,15H,2-10H2,1H3. The van der Waals surface area contributed by atoms with Gasteiger partial charge in [0.15, 0.2) is 5.82 Å². The zero-order chi connectivity index (χ0) is 13.1. The Morgan fingerprint density at radius 3 is 2.95 bits per heavy atom. The van der Waals surface area contributed by atoms with E-state index in [1.165, 1.54) is 32.2 Å². The third kappa shape index (κ3) is 3.54. The fourth-order valence-corrected chi connectivity index (χ4v) is 2.83. The van der Waals surface area contributed by atoms with E-state index in [0.29, 0.717) is 6.04 Å². The molecule has 1 saturated carbocycles. The molecular formula is C14H24N4O. The molecule has 1 unspecified atom stereocenters. The fourth-order valence-electron chi connectivity index (χ4n) is 2.83. The molecule has 1 aromatic heterocycles. The molecule has 5 heteroatoms. The highest BCUT2D eigenvalue weighted by atomic mass is 16.5. The van der Waals surface area contributed by atoms with Crippen LogP contribution in [0.2, 0.25) is 0 Å². The van der Waals surface area contributed by atoms with Gasteiger partial charge in [0.25, 0.3) is 0 Å². The van der Waals surface area contributed by atoms with Crippen LogP contribution in [-0.2, 0) is 13.0 Å². The fraction of sp³-hybridized carbons (Fsp3) is 0.857. The summed E-state index contributed by atoms with van der Waals surface area (Å²) >= 11 is 0. The summed E-state index contributed by atoms with van der Waals surface area (Å²) in [6.45, 7) is 5.27. The monoisotopic (exact) mass is 264 g/mol. The largest absolute Gasteiger partial charge is 0.339 e. The SMILES string of the molecule is CCCc1nc(CN(CC2CCCN2)C2CC2)no1. The van der Waals surface area contributed by atoms with Crippen LogP contribution in [0.15, 0.2) is 4.52 Å². The number of rotatable bonds is 7. The van der Waals surface area contributed by atoms with Gasteiger partial charge in [0.2, 0.25) is 5.89 Å². The number of nitrogens with one attached hydrogen (secondary N) is 1. The molecule has 106 valence electrons. The number of hydrogen-bond acceptors (Lipinski definition) is 5. The lowest BCUT2D eigenvalue weighted by Gasteiger charge is -2.23. The third-order valence-corrected chi connectivity index (χ3v) is 4.00. The second-order valence-corrected chi connectivity index (χ2v) is 5.81. The summed E-state index contributed by atoms with van der Waals surface area (Å²) in [5.41, 5.74) is 0. The predicted octanol–water partition coefficient (Wildman–Crippen LogP) is 1.74. The molecule has 2 aliphatic rings. The lowest BCUT2D eigenvalue weighted by atomic mass is 10.2. The van der Waals surface area contributed by atoms with E-state index < -0.39 is 0 Å². The van der Waals surface area contributed by atoms with E-state index in [-0.39, 0.29) is 0 Å². The molecule has 0 aromatic carbocycles. The van der Waals surface area contributed by atoms with Gasteiger partial charge in [-0.05, 0) is 38.6 Å². The summed E-state index contributed by atoms with van der Waals surface area (Å²) in [5.74, 6) is 1.64. The molecule has 0 bridgehead atoms. The smallest absolute Gasteiger partial charge is 0.226 e. The van der Waals surface area contributed by atoms with Crippen molar-refractivity contribution in [1.29, 1.82) is 0 Å². The van der Waals surface area contributed by atoms with Gasteiger partial charge in [0.1, 0.15) is 0 Å². The lowest BCUT2D eigenvalue weighted by molar-refractivity contribution is 0.222. The molecule has 1 atom stereocenters. The Morgan fingerprint density at radius 2 is 2.26 bits per heavy atom. The summed E-state index contributed by atoms with van der Waals surface area (Å²) in [6, 6.07) is 1.40. The van der Waals surface area contributed by atoms with Gasteiger partial charge in [0, 0.05) is 25.0 Å². The van der Waals surface area contributed by atoms with Crippen LogP contribution in [0.1, 0.15) is 50.7 Å². The molecule has 0 amide bonds. The van der Waals surface area contributed by atoms with Crippen LogP contribution in [0.4, 0.5) is 0 Å². The molecule has 1 aromatic rings. The van der Waals surface area contributed by atoms with E-state index in [1.807, 2.05) is 0 Å². The van der Waals surface area contributed by atoms with Gasteiger partial charge >= 0.3 is 0 Å². The van der Waals surface area contributed by atoms with Gasteiger partial charge in [-0.1, -0.05) is 12.1 Å². The van der Waals surface area contributed by atoms with Crippen molar-refractivity contribution in [2.45, 2.75) is 64.1 Å². The molecule has 2 heterocycles. The second kappa shape index (κ2) is 6.01. The van der Waals surface area contributed by atoms with Gasteiger partial charge < -0.3 is 9.84 Å². The first-order valence-electron chi connectivity index (χ1n) is 7.64. The van der Waals surface area contributed by atoms with Gasteiger partial charge in [-0.25, -0.2) is 0 Å². The van der Waals surface area contributed by atoms with E-state index in [4.69, 9.17) is 4.52 Å². The Bertz CT molecular complexity index is 396. The first-order valence-corrected chi connectivity index (χ1v) is 7.64. The summed E-state index contributed by atoms with van der Waals surface area (Å²) in [4.78, 5) is 7.02. The quantitative estimate of drug-likeness (QED) is 0.813.